The van der Waals surface area contributed by atoms with Crippen LogP contribution in [-0.4, -0.2) is 53.0 Å². The highest BCUT2D eigenvalue weighted by Gasteiger charge is 2.27. The number of aromatic nitrogens is 1. The zero-order valence-corrected chi connectivity index (χ0v) is 22.0. The van der Waals surface area contributed by atoms with E-state index >= 15 is 0 Å². The lowest BCUT2D eigenvalue weighted by Gasteiger charge is -2.35. The maximum atomic E-state index is 13.6. The Hall–Kier alpha value is -3.63. The molecule has 1 atom stereocenters. The topological polar surface area (TPSA) is 28.5 Å². The van der Waals surface area contributed by atoms with E-state index in [4.69, 9.17) is 0 Å². The van der Waals surface area contributed by atoms with Gasteiger partial charge in [0.1, 0.15) is 0 Å². The van der Waals surface area contributed by atoms with Crippen LogP contribution in [0.25, 0.3) is 17.0 Å². The molecule has 0 aliphatic carbocycles. The number of piperazine rings is 1. The Morgan fingerprint density at radius 3 is 2.43 bits per heavy atom. The Labute approximate surface area is 220 Å². The fraction of sp³-hybridized carbons (Fsp3) is 0.303. The number of hydrogen-bond acceptors (Lipinski definition) is 2. The van der Waals surface area contributed by atoms with Crippen molar-refractivity contribution in [2.75, 3.05) is 32.7 Å². The summed E-state index contributed by atoms with van der Waals surface area (Å²) in [7, 11) is 0. The zero-order chi connectivity index (χ0) is 25.6. The summed E-state index contributed by atoms with van der Waals surface area (Å²) in [6.07, 6.45) is 7.16. The smallest absolute Gasteiger partial charge is 0.223 e. The van der Waals surface area contributed by atoms with Gasteiger partial charge in [-0.25, -0.2) is 0 Å². The average Bonchev–Trinajstić information content (AvgIpc) is 3.31. The SMILES string of the molecule is CCn1cc(C(CC(=O)N2CCN(C/C=C/c3ccccc3)CC2)c2cccc(C)c2)c2ccccc21. The summed E-state index contributed by atoms with van der Waals surface area (Å²) in [5.74, 6) is 0.288. The molecule has 1 aliphatic heterocycles. The summed E-state index contributed by atoms with van der Waals surface area (Å²) < 4.78 is 2.31. The van der Waals surface area contributed by atoms with Crippen molar-refractivity contribution < 1.29 is 4.79 Å². The Morgan fingerprint density at radius 1 is 0.919 bits per heavy atom. The van der Waals surface area contributed by atoms with Gasteiger partial charge in [-0.3, -0.25) is 9.69 Å². The monoisotopic (exact) mass is 491 g/mol. The third-order valence-electron chi connectivity index (χ3n) is 7.56. The Morgan fingerprint density at radius 2 is 1.68 bits per heavy atom. The molecule has 1 saturated heterocycles. The highest BCUT2D eigenvalue weighted by Crippen LogP contribution is 2.35. The van der Waals surface area contributed by atoms with Gasteiger partial charge >= 0.3 is 0 Å². The molecule has 1 aliphatic rings. The average molecular weight is 492 g/mol. The number of benzene rings is 3. The number of amides is 1. The number of fused-ring (bicyclic) bond motifs is 1. The number of carbonyl (C=O) groups excluding carboxylic acids is 1. The molecule has 0 radical (unpaired) electrons. The molecule has 4 heteroatoms. The maximum absolute atomic E-state index is 13.6. The van der Waals surface area contributed by atoms with Crippen LogP contribution in [0.1, 0.15) is 41.5 Å². The second-order valence-electron chi connectivity index (χ2n) is 10.1. The molecule has 2 heterocycles. The van der Waals surface area contributed by atoms with Crippen LogP contribution in [0.2, 0.25) is 0 Å². The Kier molecular flexibility index (Phi) is 7.86. The van der Waals surface area contributed by atoms with Crippen molar-refractivity contribution in [3.05, 3.63) is 113 Å². The number of aryl methyl sites for hydroxylation is 2. The third kappa shape index (κ3) is 5.86. The first-order valence-electron chi connectivity index (χ1n) is 13.5. The number of nitrogens with zero attached hydrogens (tertiary/aromatic N) is 3. The van der Waals surface area contributed by atoms with Crippen molar-refractivity contribution in [1.29, 1.82) is 0 Å². The first kappa shape index (κ1) is 25.0. The van der Waals surface area contributed by atoms with Crippen molar-refractivity contribution in [3.63, 3.8) is 0 Å². The highest BCUT2D eigenvalue weighted by molar-refractivity contribution is 5.86. The summed E-state index contributed by atoms with van der Waals surface area (Å²) in [4.78, 5) is 18.1. The van der Waals surface area contributed by atoms with Crippen molar-refractivity contribution in [1.82, 2.24) is 14.4 Å². The molecular formula is C33H37N3O. The van der Waals surface area contributed by atoms with E-state index in [9.17, 15) is 4.79 Å². The van der Waals surface area contributed by atoms with E-state index in [0.717, 1.165) is 39.3 Å². The molecule has 190 valence electrons. The minimum absolute atomic E-state index is 0.0388. The van der Waals surface area contributed by atoms with Gasteiger partial charge in [0.2, 0.25) is 5.91 Å². The van der Waals surface area contributed by atoms with E-state index in [0.29, 0.717) is 6.42 Å². The van der Waals surface area contributed by atoms with Crippen LogP contribution >= 0.6 is 0 Å². The van der Waals surface area contributed by atoms with E-state index in [-0.39, 0.29) is 11.8 Å². The first-order valence-corrected chi connectivity index (χ1v) is 13.5. The Balaban J connectivity index is 1.30. The minimum atomic E-state index is 0.0388. The molecule has 1 amide bonds. The highest BCUT2D eigenvalue weighted by atomic mass is 16.2. The fourth-order valence-electron chi connectivity index (χ4n) is 5.49. The van der Waals surface area contributed by atoms with E-state index in [1.165, 1.54) is 33.2 Å². The molecule has 3 aromatic carbocycles. The number of rotatable bonds is 8. The second-order valence-corrected chi connectivity index (χ2v) is 10.1. The van der Waals surface area contributed by atoms with E-state index in [1.807, 2.05) is 6.07 Å². The minimum Gasteiger partial charge on any atom is -0.347 e. The third-order valence-corrected chi connectivity index (χ3v) is 7.56. The van der Waals surface area contributed by atoms with Gasteiger partial charge in [0, 0.05) is 68.7 Å². The van der Waals surface area contributed by atoms with Gasteiger partial charge in [0.15, 0.2) is 0 Å². The first-order chi connectivity index (χ1) is 18.1. The normalized spacial score (nSPS) is 15.5. The molecule has 0 saturated carbocycles. The quantitative estimate of drug-likeness (QED) is 0.287. The molecule has 1 unspecified atom stereocenters. The molecule has 4 aromatic rings. The lowest BCUT2D eigenvalue weighted by molar-refractivity contribution is -0.133. The van der Waals surface area contributed by atoms with Crippen molar-refractivity contribution >= 4 is 22.9 Å². The predicted molar refractivity (Wildman–Crippen MR) is 154 cm³/mol. The van der Waals surface area contributed by atoms with E-state index < -0.39 is 0 Å². The predicted octanol–water partition coefficient (Wildman–Crippen LogP) is 6.35. The van der Waals surface area contributed by atoms with Gasteiger partial charge in [0.05, 0.1) is 0 Å². The largest absolute Gasteiger partial charge is 0.347 e. The summed E-state index contributed by atoms with van der Waals surface area (Å²) >= 11 is 0. The van der Waals surface area contributed by atoms with Gasteiger partial charge in [-0.15, -0.1) is 0 Å². The number of para-hydroxylation sites is 1. The van der Waals surface area contributed by atoms with Gasteiger partial charge in [-0.2, -0.15) is 0 Å². The molecule has 4 nitrogen and oxygen atoms in total. The van der Waals surface area contributed by atoms with Crippen LogP contribution in [0.15, 0.2) is 91.1 Å². The molecular weight excluding hydrogens is 454 g/mol. The van der Waals surface area contributed by atoms with Crippen molar-refractivity contribution in [3.8, 4) is 0 Å². The zero-order valence-electron chi connectivity index (χ0n) is 22.0. The lowest BCUT2D eigenvalue weighted by atomic mass is 9.87. The summed E-state index contributed by atoms with van der Waals surface area (Å²) in [5, 5.41) is 1.25. The molecule has 0 N–H and O–H groups in total. The van der Waals surface area contributed by atoms with Crippen LogP contribution < -0.4 is 0 Å². The molecule has 37 heavy (non-hydrogen) atoms. The molecule has 1 aromatic heterocycles. The van der Waals surface area contributed by atoms with E-state index in [1.54, 1.807) is 0 Å². The lowest BCUT2D eigenvalue weighted by Crippen LogP contribution is -2.48. The van der Waals surface area contributed by atoms with Gasteiger partial charge < -0.3 is 9.47 Å². The summed E-state index contributed by atoms with van der Waals surface area (Å²) in [6.45, 7) is 9.53. The van der Waals surface area contributed by atoms with Crippen LogP contribution in [0.4, 0.5) is 0 Å². The van der Waals surface area contributed by atoms with Crippen LogP contribution in [0.5, 0.6) is 0 Å². The van der Waals surface area contributed by atoms with Crippen molar-refractivity contribution in [2.24, 2.45) is 0 Å². The van der Waals surface area contributed by atoms with Crippen LogP contribution in [0, 0.1) is 6.92 Å². The summed E-state index contributed by atoms with van der Waals surface area (Å²) in [5.41, 5.74) is 6.16. The molecule has 1 fully saturated rings. The van der Waals surface area contributed by atoms with Gasteiger partial charge in [0.25, 0.3) is 0 Å². The standard InChI is InChI=1S/C33H37N3O/c1-3-35-25-31(29-16-7-8-17-32(29)35)30(28-15-9-11-26(2)23-28)24-33(37)36-21-19-34(20-22-36)18-10-14-27-12-5-4-6-13-27/h4-17,23,25,30H,3,18-22,24H2,1-2H3/b14-10+. The molecule has 5 rings (SSSR count). The van der Waals surface area contributed by atoms with Gasteiger partial charge in [-0.1, -0.05) is 90.5 Å². The fourth-order valence-corrected chi connectivity index (χ4v) is 5.49. The van der Waals surface area contributed by atoms with Crippen LogP contribution in [-0.2, 0) is 11.3 Å². The number of hydrogen-bond donors (Lipinski definition) is 0. The number of carbonyl (C=O) groups is 1. The van der Waals surface area contributed by atoms with Crippen LogP contribution in [0.3, 0.4) is 0 Å². The molecule has 0 bridgehead atoms. The van der Waals surface area contributed by atoms with Gasteiger partial charge in [-0.05, 0) is 36.6 Å². The summed E-state index contributed by atoms with van der Waals surface area (Å²) in [6, 6.07) is 27.7. The second kappa shape index (κ2) is 11.6. The maximum Gasteiger partial charge on any atom is 0.223 e. The van der Waals surface area contributed by atoms with Crippen molar-refractivity contribution in [2.45, 2.75) is 32.7 Å². The van der Waals surface area contributed by atoms with E-state index in [2.05, 4.69) is 119 Å². The Bertz CT molecular complexity index is 1360. The molecule has 0 spiro atoms.